The summed E-state index contributed by atoms with van der Waals surface area (Å²) in [5, 5.41) is 0.929. The summed E-state index contributed by atoms with van der Waals surface area (Å²) in [5.41, 5.74) is 0. The summed E-state index contributed by atoms with van der Waals surface area (Å²) in [7, 11) is 0. The van der Waals surface area contributed by atoms with Crippen LogP contribution >= 0.6 is 0 Å². The molecule has 0 aromatic rings. The summed E-state index contributed by atoms with van der Waals surface area (Å²) in [4.78, 5) is 0. The average molecular weight is 101 g/mol. The molecule has 2 atom stereocenters. The maximum atomic E-state index is 12.0. The van der Waals surface area contributed by atoms with Crippen molar-refractivity contribution in [2.45, 2.75) is 6.42 Å². The molecule has 0 radical (unpaired) electrons. The van der Waals surface area contributed by atoms with E-state index in [2.05, 4.69) is 0 Å². The number of halogens is 1. The van der Waals surface area contributed by atoms with E-state index in [0.717, 1.165) is 17.0 Å². The third-order valence-corrected chi connectivity index (χ3v) is 1.93. The molecule has 0 amide bonds. The topological polar surface area (TPSA) is 3.24 Å². The number of piperidine rings is 1. The van der Waals surface area contributed by atoms with Crippen molar-refractivity contribution in [3.8, 4) is 0 Å². The molecule has 0 aromatic carbocycles. The monoisotopic (exact) mass is 101 g/mol. The van der Waals surface area contributed by atoms with Gasteiger partial charge in [-0.05, 0) is 18.3 Å². The third-order valence-electron chi connectivity index (χ3n) is 1.93. The molecule has 0 bridgehead atoms. The van der Waals surface area contributed by atoms with Gasteiger partial charge in [0.15, 0.2) is 0 Å². The highest BCUT2D eigenvalue weighted by Gasteiger charge is 2.45. The van der Waals surface area contributed by atoms with Crippen LogP contribution in [-0.4, -0.2) is 18.2 Å². The molecule has 2 heteroatoms. The van der Waals surface area contributed by atoms with Crippen molar-refractivity contribution in [3.05, 3.63) is 0 Å². The van der Waals surface area contributed by atoms with E-state index in [9.17, 15) is 4.48 Å². The molecule has 40 valence electrons. The first-order valence-electron chi connectivity index (χ1n) is 2.77. The number of nitrogens with zero attached hydrogens (tertiary/aromatic N) is 1. The molecule has 1 aliphatic heterocycles. The summed E-state index contributed by atoms with van der Waals surface area (Å²) >= 11 is 0. The highest BCUT2D eigenvalue weighted by atomic mass is 19.2. The zero-order chi connectivity index (χ0) is 4.85. The van der Waals surface area contributed by atoms with Gasteiger partial charge in [0.1, 0.15) is 0 Å². The zero-order valence-corrected chi connectivity index (χ0v) is 4.10. The second-order valence-corrected chi connectivity index (χ2v) is 2.58. The second-order valence-electron chi connectivity index (χ2n) is 2.58. The van der Waals surface area contributed by atoms with Crippen LogP contribution in [0, 0.1) is 11.8 Å². The summed E-state index contributed by atoms with van der Waals surface area (Å²) in [6.07, 6.45) is 1.29. The number of hydrogen-bond acceptors (Lipinski definition) is 1. The molecule has 2 unspecified atom stereocenters. The molecule has 2 fully saturated rings. The predicted molar refractivity (Wildman–Crippen MR) is 24.3 cm³/mol. The van der Waals surface area contributed by atoms with Crippen molar-refractivity contribution < 1.29 is 4.48 Å². The van der Waals surface area contributed by atoms with Crippen molar-refractivity contribution in [3.63, 3.8) is 0 Å². The number of rotatable bonds is 0. The van der Waals surface area contributed by atoms with E-state index >= 15 is 0 Å². The molecule has 1 saturated carbocycles. The SMILES string of the molecule is FN1CC2CC2C1. The predicted octanol–water partition coefficient (Wildman–Crippen LogP) is 0.823. The van der Waals surface area contributed by atoms with Gasteiger partial charge in [-0.3, -0.25) is 0 Å². The fourth-order valence-corrected chi connectivity index (χ4v) is 1.34. The van der Waals surface area contributed by atoms with Crippen LogP contribution < -0.4 is 0 Å². The van der Waals surface area contributed by atoms with Gasteiger partial charge < -0.3 is 0 Å². The van der Waals surface area contributed by atoms with Crippen molar-refractivity contribution in [2.75, 3.05) is 13.1 Å². The molecular formula is C5H8FN. The Balaban J connectivity index is 2.02. The molecule has 1 aliphatic carbocycles. The van der Waals surface area contributed by atoms with Crippen LogP contribution in [-0.2, 0) is 0 Å². The molecule has 7 heavy (non-hydrogen) atoms. The van der Waals surface area contributed by atoms with Gasteiger partial charge >= 0.3 is 0 Å². The highest BCUT2D eigenvalue weighted by Crippen LogP contribution is 2.44. The van der Waals surface area contributed by atoms with E-state index < -0.39 is 0 Å². The molecule has 0 aromatic heterocycles. The lowest BCUT2D eigenvalue weighted by Gasteiger charge is -2.00. The molecule has 2 rings (SSSR count). The van der Waals surface area contributed by atoms with Gasteiger partial charge in [-0.2, -0.15) is 0 Å². The van der Waals surface area contributed by atoms with E-state index in [0.29, 0.717) is 13.1 Å². The Morgan fingerprint density at radius 1 is 1.29 bits per heavy atom. The fourth-order valence-electron chi connectivity index (χ4n) is 1.34. The van der Waals surface area contributed by atoms with Crippen LogP contribution in [0.15, 0.2) is 0 Å². The lowest BCUT2D eigenvalue weighted by molar-refractivity contribution is 0.0420. The van der Waals surface area contributed by atoms with Gasteiger partial charge in [0.05, 0.1) is 0 Å². The molecule has 1 nitrogen and oxygen atoms in total. The lowest BCUT2D eigenvalue weighted by atomic mass is 10.4. The molecule has 0 spiro atoms. The summed E-state index contributed by atoms with van der Waals surface area (Å²) in [5.74, 6) is 1.48. The highest BCUT2D eigenvalue weighted by molar-refractivity contribution is 4.94. The lowest BCUT2D eigenvalue weighted by Crippen LogP contribution is -2.10. The Hall–Kier alpha value is -0.110. The first-order valence-corrected chi connectivity index (χ1v) is 2.77. The van der Waals surface area contributed by atoms with Gasteiger partial charge in [-0.25, -0.2) is 0 Å². The summed E-state index contributed by atoms with van der Waals surface area (Å²) in [6, 6.07) is 0. The minimum atomic E-state index is 0.713. The molecule has 1 heterocycles. The van der Waals surface area contributed by atoms with Crippen molar-refractivity contribution in [1.82, 2.24) is 5.12 Å². The van der Waals surface area contributed by atoms with Crippen molar-refractivity contribution in [2.24, 2.45) is 11.8 Å². The summed E-state index contributed by atoms with van der Waals surface area (Å²) in [6.45, 7) is 1.43. The Bertz CT molecular complexity index is 84.1. The Morgan fingerprint density at radius 2 is 1.86 bits per heavy atom. The van der Waals surface area contributed by atoms with Crippen LogP contribution in [0.25, 0.3) is 0 Å². The number of fused-ring (bicyclic) bond motifs is 1. The van der Waals surface area contributed by atoms with E-state index in [4.69, 9.17) is 0 Å². The average Bonchev–Trinajstić information content (AvgIpc) is 2.15. The maximum Gasteiger partial charge on any atom is 0.0322 e. The van der Waals surface area contributed by atoms with Gasteiger partial charge in [-0.1, -0.05) is 0 Å². The third kappa shape index (κ3) is 0.462. The summed E-state index contributed by atoms with van der Waals surface area (Å²) < 4.78 is 12.0. The maximum absolute atomic E-state index is 12.0. The van der Waals surface area contributed by atoms with Gasteiger partial charge in [-0.15, -0.1) is 9.60 Å². The fraction of sp³-hybridized carbons (Fsp3) is 1.00. The first kappa shape index (κ1) is 3.84. The zero-order valence-electron chi connectivity index (χ0n) is 4.10. The molecule has 0 N–H and O–H groups in total. The minimum absolute atomic E-state index is 0.713. The van der Waals surface area contributed by atoms with E-state index in [1.54, 1.807) is 0 Å². The number of hydrogen-bond donors (Lipinski definition) is 0. The first-order chi connectivity index (χ1) is 3.36. The smallest absolute Gasteiger partial charge is 0.0322 e. The van der Waals surface area contributed by atoms with E-state index in [1.807, 2.05) is 0 Å². The quantitative estimate of drug-likeness (QED) is 0.408. The van der Waals surface area contributed by atoms with Crippen molar-refractivity contribution >= 4 is 0 Å². The molecule has 1 saturated heterocycles. The Morgan fingerprint density at radius 3 is 2.14 bits per heavy atom. The Labute approximate surface area is 42.0 Å². The van der Waals surface area contributed by atoms with Gasteiger partial charge in [0.2, 0.25) is 0 Å². The van der Waals surface area contributed by atoms with E-state index in [1.165, 1.54) is 6.42 Å². The van der Waals surface area contributed by atoms with Crippen LogP contribution in [0.2, 0.25) is 0 Å². The second kappa shape index (κ2) is 0.996. The molecular weight excluding hydrogens is 93.1 g/mol. The largest absolute Gasteiger partial charge is 0.146 e. The standard InChI is InChI=1S/C5H8FN/c6-7-2-4-1-5(4)3-7/h4-5H,1-3H2. The van der Waals surface area contributed by atoms with Crippen LogP contribution in [0.3, 0.4) is 0 Å². The Kier molecular flexibility index (Phi) is 0.546. The van der Waals surface area contributed by atoms with Crippen molar-refractivity contribution in [1.29, 1.82) is 0 Å². The van der Waals surface area contributed by atoms with Crippen LogP contribution in [0.1, 0.15) is 6.42 Å². The molecule has 2 aliphatic rings. The normalized spacial score (nSPS) is 49.3. The van der Waals surface area contributed by atoms with Crippen LogP contribution in [0.4, 0.5) is 4.48 Å². The minimum Gasteiger partial charge on any atom is -0.146 e. The van der Waals surface area contributed by atoms with Gasteiger partial charge in [0, 0.05) is 13.1 Å². The van der Waals surface area contributed by atoms with Crippen LogP contribution in [0.5, 0.6) is 0 Å². The van der Waals surface area contributed by atoms with Gasteiger partial charge in [0.25, 0.3) is 0 Å². The van der Waals surface area contributed by atoms with E-state index in [-0.39, 0.29) is 0 Å².